The third-order valence-electron chi connectivity index (χ3n) is 5.47. The highest BCUT2D eigenvalue weighted by molar-refractivity contribution is 5.54. The molecule has 154 valence electrons. The first-order valence-electron chi connectivity index (χ1n) is 9.68. The van der Waals surface area contributed by atoms with Gasteiger partial charge in [0.25, 0.3) is 0 Å². The van der Waals surface area contributed by atoms with Gasteiger partial charge < -0.3 is 8.98 Å². The summed E-state index contributed by atoms with van der Waals surface area (Å²) in [5.74, 6) is 2.06. The van der Waals surface area contributed by atoms with E-state index in [9.17, 15) is 13.2 Å². The number of imidazole rings is 1. The number of nitrogens with zero attached hydrogens (tertiary/aromatic N) is 4. The van der Waals surface area contributed by atoms with Crippen molar-refractivity contribution in [3.63, 3.8) is 0 Å². The van der Waals surface area contributed by atoms with Crippen molar-refractivity contribution in [3.05, 3.63) is 59.5 Å². The maximum absolute atomic E-state index is 12.8. The van der Waals surface area contributed by atoms with E-state index in [4.69, 9.17) is 4.42 Å². The molecule has 3 aromatic rings. The second-order valence-electron chi connectivity index (χ2n) is 7.48. The molecule has 5 nitrogen and oxygen atoms in total. The number of benzene rings is 1. The number of halogens is 3. The van der Waals surface area contributed by atoms with Gasteiger partial charge >= 0.3 is 6.18 Å². The second-order valence-corrected chi connectivity index (χ2v) is 7.48. The molecule has 2 aromatic heterocycles. The SMILES string of the molecule is Cc1oc(-c2ccc(C(F)(F)F)cc2)nc1CN1CCCCC1c1nccn1C. The number of likely N-dealkylation sites (tertiary alicyclic amines) is 1. The number of alkyl halides is 3. The Morgan fingerprint density at radius 3 is 2.59 bits per heavy atom. The van der Waals surface area contributed by atoms with Crippen LogP contribution in [0, 0.1) is 6.92 Å². The molecule has 0 radical (unpaired) electrons. The topological polar surface area (TPSA) is 47.1 Å². The second kappa shape index (κ2) is 7.67. The predicted molar refractivity (Wildman–Crippen MR) is 102 cm³/mol. The normalized spacial score (nSPS) is 18.3. The lowest BCUT2D eigenvalue weighted by Crippen LogP contribution is -2.34. The van der Waals surface area contributed by atoms with E-state index in [1.165, 1.54) is 12.1 Å². The van der Waals surface area contributed by atoms with Crippen molar-refractivity contribution in [1.82, 2.24) is 19.4 Å². The number of aryl methyl sites for hydroxylation is 2. The van der Waals surface area contributed by atoms with Crippen molar-refractivity contribution in [2.24, 2.45) is 7.05 Å². The average Bonchev–Trinajstić information content (AvgIpc) is 3.27. The summed E-state index contributed by atoms with van der Waals surface area (Å²) in [6.45, 7) is 3.41. The van der Waals surface area contributed by atoms with Gasteiger partial charge in [0.1, 0.15) is 11.6 Å². The molecule has 1 atom stereocenters. The van der Waals surface area contributed by atoms with Crippen molar-refractivity contribution >= 4 is 0 Å². The average molecular weight is 404 g/mol. The molecule has 1 aliphatic rings. The van der Waals surface area contributed by atoms with Crippen LogP contribution in [0.4, 0.5) is 13.2 Å². The zero-order valence-corrected chi connectivity index (χ0v) is 16.4. The lowest BCUT2D eigenvalue weighted by molar-refractivity contribution is -0.137. The van der Waals surface area contributed by atoms with Gasteiger partial charge in [-0.05, 0) is 50.6 Å². The van der Waals surface area contributed by atoms with E-state index in [2.05, 4.69) is 14.9 Å². The quantitative estimate of drug-likeness (QED) is 0.605. The Bertz CT molecular complexity index is 975. The molecule has 4 rings (SSSR count). The minimum atomic E-state index is -4.36. The highest BCUT2D eigenvalue weighted by Crippen LogP contribution is 2.33. The molecule has 0 N–H and O–H groups in total. The number of aromatic nitrogens is 3. The lowest BCUT2D eigenvalue weighted by Gasteiger charge is -2.34. The molecule has 0 spiro atoms. The fourth-order valence-corrected chi connectivity index (χ4v) is 3.86. The fraction of sp³-hybridized carbons (Fsp3) is 0.429. The van der Waals surface area contributed by atoms with Crippen LogP contribution >= 0.6 is 0 Å². The summed E-state index contributed by atoms with van der Waals surface area (Å²) >= 11 is 0. The van der Waals surface area contributed by atoms with Crippen LogP contribution in [0.2, 0.25) is 0 Å². The summed E-state index contributed by atoms with van der Waals surface area (Å²) in [6, 6.07) is 5.12. The molecule has 0 aliphatic carbocycles. The van der Waals surface area contributed by atoms with Gasteiger partial charge in [0, 0.05) is 31.5 Å². The maximum Gasteiger partial charge on any atom is 0.416 e. The van der Waals surface area contributed by atoms with Gasteiger partial charge in [0.2, 0.25) is 5.89 Å². The van der Waals surface area contributed by atoms with E-state index in [0.717, 1.165) is 49.5 Å². The molecular weight excluding hydrogens is 381 g/mol. The summed E-state index contributed by atoms with van der Waals surface area (Å²) in [7, 11) is 2.00. The van der Waals surface area contributed by atoms with Crippen LogP contribution in [0.3, 0.4) is 0 Å². The maximum atomic E-state index is 12.8. The number of hydrogen-bond donors (Lipinski definition) is 0. The predicted octanol–water partition coefficient (Wildman–Crippen LogP) is 5.13. The molecule has 1 aromatic carbocycles. The van der Waals surface area contributed by atoms with E-state index in [1.54, 1.807) is 0 Å². The number of rotatable bonds is 4. The Labute approximate surface area is 167 Å². The molecular formula is C21H23F3N4O. The molecule has 0 amide bonds. The molecule has 1 saturated heterocycles. The monoisotopic (exact) mass is 404 g/mol. The first-order valence-corrected chi connectivity index (χ1v) is 9.68. The molecule has 0 saturated carbocycles. The summed E-state index contributed by atoms with van der Waals surface area (Å²) in [5.41, 5.74) is 0.656. The first kappa shape index (κ1) is 19.7. The zero-order valence-electron chi connectivity index (χ0n) is 16.4. The molecule has 3 heterocycles. The van der Waals surface area contributed by atoms with Gasteiger partial charge in [-0.2, -0.15) is 13.2 Å². The molecule has 1 unspecified atom stereocenters. The first-order chi connectivity index (χ1) is 13.8. The Hall–Kier alpha value is -2.61. The lowest BCUT2D eigenvalue weighted by atomic mass is 10.0. The van der Waals surface area contributed by atoms with Crippen molar-refractivity contribution in [3.8, 4) is 11.5 Å². The Kier molecular flexibility index (Phi) is 5.21. The van der Waals surface area contributed by atoms with Crippen molar-refractivity contribution in [2.75, 3.05) is 6.54 Å². The Morgan fingerprint density at radius 1 is 1.17 bits per heavy atom. The summed E-state index contributed by atoms with van der Waals surface area (Å²) in [6.07, 6.45) is 2.71. The highest BCUT2D eigenvalue weighted by Gasteiger charge is 2.31. The third kappa shape index (κ3) is 4.07. The van der Waals surface area contributed by atoms with Crippen LogP contribution in [0.5, 0.6) is 0 Å². The Balaban J connectivity index is 1.55. The highest BCUT2D eigenvalue weighted by atomic mass is 19.4. The van der Waals surface area contributed by atoms with Crippen LogP contribution in [-0.4, -0.2) is 26.0 Å². The smallest absolute Gasteiger partial charge is 0.416 e. The van der Waals surface area contributed by atoms with Gasteiger partial charge in [-0.25, -0.2) is 9.97 Å². The third-order valence-corrected chi connectivity index (χ3v) is 5.47. The van der Waals surface area contributed by atoms with E-state index < -0.39 is 11.7 Å². The number of oxazole rings is 1. The molecule has 0 bridgehead atoms. The van der Waals surface area contributed by atoms with Crippen molar-refractivity contribution in [2.45, 2.75) is 44.9 Å². The van der Waals surface area contributed by atoms with Crippen molar-refractivity contribution in [1.29, 1.82) is 0 Å². The van der Waals surface area contributed by atoms with Crippen LogP contribution in [0.25, 0.3) is 11.5 Å². The summed E-state index contributed by atoms with van der Waals surface area (Å²) in [5, 5.41) is 0. The van der Waals surface area contributed by atoms with Crippen LogP contribution < -0.4 is 0 Å². The number of hydrogen-bond acceptors (Lipinski definition) is 4. The van der Waals surface area contributed by atoms with Crippen LogP contribution in [0.1, 0.15) is 48.1 Å². The van der Waals surface area contributed by atoms with E-state index in [-0.39, 0.29) is 6.04 Å². The van der Waals surface area contributed by atoms with E-state index in [0.29, 0.717) is 23.8 Å². The zero-order chi connectivity index (χ0) is 20.6. The minimum absolute atomic E-state index is 0.217. The summed E-state index contributed by atoms with van der Waals surface area (Å²) in [4.78, 5) is 11.5. The fourth-order valence-electron chi connectivity index (χ4n) is 3.86. The van der Waals surface area contributed by atoms with Gasteiger partial charge in [0.05, 0.1) is 17.3 Å². The van der Waals surface area contributed by atoms with Gasteiger partial charge in [-0.1, -0.05) is 6.42 Å². The van der Waals surface area contributed by atoms with Crippen molar-refractivity contribution < 1.29 is 17.6 Å². The standard InChI is InChI=1S/C21H23F3N4O/c1-14-17(13-28-11-4-3-5-18(28)19-25-10-12-27(19)2)26-20(29-14)15-6-8-16(9-7-15)21(22,23)24/h6-10,12,18H,3-5,11,13H2,1-2H3. The van der Waals surface area contributed by atoms with Gasteiger partial charge in [0.15, 0.2) is 0 Å². The largest absolute Gasteiger partial charge is 0.441 e. The molecule has 1 fully saturated rings. The molecule has 1 aliphatic heterocycles. The van der Waals surface area contributed by atoms with Gasteiger partial charge in [-0.15, -0.1) is 0 Å². The molecule has 8 heteroatoms. The minimum Gasteiger partial charge on any atom is -0.441 e. The van der Waals surface area contributed by atoms with Gasteiger partial charge in [-0.3, -0.25) is 4.90 Å². The Morgan fingerprint density at radius 2 is 1.93 bits per heavy atom. The summed E-state index contributed by atoms with van der Waals surface area (Å²) < 4.78 is 46.2. The van der Waals surface area contributed by atoms with E-state index in [1.807, 2.05) is 30.9 Å². The van der Waals surface area contributed by atoms with Crippen LogP contribution in [-0.2, 0) is 19.8 Å². The van der Waals surface area contributed by atoms with E-state index >= 15 is 0 Å². The number of piperidine rings is 1. The molecule has 29 heavy (non-hydrogen) atoms. The van der Waals surface area contributed by atoms with Crippen LogP contribution in [0.15, 0.2) is 41.1 Å².